The Bertz CT molecular complexity index is 266. The van der Waals surface area contributed by atoms with Gasteiger partial charge in [0.1, 0.15) is 6.10 Å². The highest BCUT2D eigenvalue weighted by Crippen LogP contribution is 2.21. The third-order valence-corrected chi connectivity index (χ3v) is 1.81. The molecule has 3 N–H and O–H groups in total. The van der Waals surface area contributed by atoms with Crippen molar-refractivity contribution in [3.63, 3.8) is 0 Å². The van der Waals surface area contributed by atoms with E-state index in [1.54, 1.807) is 6.92 Å². The zero-order valence-corrected chi connectivity index (χ0v) is 6.56. The fourth-order valence-electron chi connectivity index (χ4n) is 0.986. The summed E-state index contributed by atoms with van der Waals surface area (Å²) in [6.45, 7) is 1.71. The van der Waals surface area contributed by atoms with E-state index < -0.39 is 17.7 Å². The van der Waals surface area contributed by atoms with Gasteiger partial charge in [0, 0.05) is 0 Å². The van der Waals surface area contributed by atoms with Crippen LogP contribution in [0.2, 0.25) is 0 Å². The molecule has 0 saturated heterocycles. The lowest BCUT2D eigenvalue weighted by atomic mass is 9.90. The van der Waals surface area contributed by atoms with Crippen LogP contribution in [0.3, 0.4) is 0 Å². The quantitative estimate of drug-likeness (QED) is 0.504. The summed E-state index contributed by atoms with van der Waals surface area (Å²) < 4.78 is 0. The lowest BCUT2D eigenvalue weighted by Crippen LogP contribution is -2.48. The van der Waals surface area contributed by atoms with Gasteiger partial charge in [-0.1, -0.05) is 11.6 Å². The predicted octanol–water partition coefficient (Wildman–Crippen LogP) is -0.321. The summed E-state index contributed by atoms with van der Waals surface area (Å²) in [5.41, 5.74) is -1.44. The monoisotopic (exact) mass is 170 g/mol. The van der Waals surface area contributed by atoms with Gasteiger partial charge in [0.05, 0.1) is 0 Å². The molecule has 4 nitrogen and oxygen atoms in total. The third kappa shape index (κ3) is 1.26. The van der Waals surface area contributed by atoms with Gasteiger partial charge in [0.2, 0.25) is 5.60 Å². The van der Waals surface area contributed by atoms with Gasteiger partial charge in [0.25, 0.3) is 0 Å². The van der Waals surface area contributed by atoms with Crippen molar-refractivity contribution < 1.29 is 20.1 Å². The van der Waals surface area contributed by atoms with E-state index >= 15 is 0 Å². The summed E-state index contributed by atoms with van der Waals surface area (Å²) in [5, 5.41) is 27.1. The SMILES string of the molecule is CC1=C[C@@H](O)[C@](O)(C(=O)O)C=C1. The summed E-state index contributed by atoms with van der Waals surface area (Å²) in [7, 11) is 0. The average molecular weight is 170 g/mol. The van der Waals surface area contributed by atoms with Crippen molar-refractivity contribution in [2.75, 3.05) is 0 Å². The summed E-state index contributed by atoms with van der Waals surface area (Å²) in [6, 6.07) is 0. The molecule has 0 heterocycles. The molecule has 0 spiro atoms. The van der Waals surface area contributed by atoms with E-state index in [4.69, 9.17) is 5.11 Å². The second kappa shape index (κ2) is 2.73. The van der Waals surface area contributed by atoms with Crippen LogP contribution in [0, 0.1) is 0 Å². The molecule has 1 aliphatic carbocycles. The first-order chi connectivity index (χ1) is 5.47. The van der Waals surface area contributed by atoms with Gasteiger partial charge in [0.15, 0.2) is 0 Å². The van der Waals surface area contributed by atoms with Crippen molar-refractivity contribution in [3.8, 4) is 0 Å². The number of aliphatic hydroxyl groups excluding tert-OH is 1. The van der Waals surface area contributed by atoms with Crippen LogP contribution in [0.1, 0.15) is 6.92 Å². The Morgan fingerprint density at radius 2 is 2.25 bits per heavy atom. The van der Waals surface area contributed by atoms with Crippen molar-refractivity contribution in [1.82, 2.24) is 0 Å². The van der Waals surface area contributed by atoms with E-state index in [9.17, 15) is 15.0 Å². The number of carbonyl (C=O) groups is 1. The second-order valence-electron chi connectivity index (χ2n) is 2.82. The van der Waals surface area contributed by atoms with Crippen LogP contribution in [-0.4, -0.2) is 33.0 Å². The molecule has 0 fully saturated rings. The fraction of sp³-hybridized carbons (Fsp3) is 0.375. The Balaban J connectivity index is 2.99. The van der Waals surface area contributed by atoms with E-state index in [0.29, 0.717) is 0 Å². The minimum absolute atomic E-state index is 0.730. The first-order valence-electron chi connectivity index (χ1n) is 3.48. The Hall–Kier alpha value is -1.13. The molecular weight excluding hydrogens is 160 g/mol. The number of hydrogen-bond acceptors (Lipinski definition) is 3. The highest BCUT2D eigenvalue weighted by atomic mass is 16.4. The molecule has 1 rings (SSSR count). The Morgan fingerprint density at radius 3 is 2.67 bits per heavy atom. The Morgan fingerprint density at radius 1 is 1.67 bits per heavy atom. The molecule has 2 atom stereocenters. The highest BCUT2D eigenvalue weighted by Gasteiger charge is 2.41. The summed E-state index contributed by atoms with van der Waals surface area (Å²) in [4.78, 5) is 10.5. The molecule has 0 aromatic rings. The van der Waals surface area contributed by atoms with E-state index in [1.807, 2.05) is 0 Å². The van der Waals surface area contributed by atoms with Crippen LogP contribution in [0.4, 0.5) is 0 Å². The average Bonchev–Trinajstić information content (AvgIpc) is 1.97. The molecule has 4 heteroatoms. The van der Waals surface area contributed by atoms with Crippen LogP contribution in [0.5, 0.6) is 0 Å². The minimum Gasteiger partial charge on any atom is -0.479 e. The number of aliphatic hydroxyl groups is 2. The van der Waals surface area contributed by atoms with E-state index in [2.05, 4.69) is 0 Å². The second-order valence-corrected chi connectivity index (χ2v) is 2.82. The molecule has 0 radical (unpaired) electrons. The molecule has 1 aliphatic rings. The Labute approximate surface area is 69.5 Å². The van der Waals surface area contributed by atoms with Crippen LogP contribution < -0.4 is 0 Å². The van der Waals surface area contributed by atoms with E-state index in [-0.39, 0.29) is 0 Å². The zero-order chi connectivity index (χ0) is 9.35. The number of hydrogen-bond donors (Lipinski definition) is 3. The van der Waals surface area contributed by atoms with Crippen LogP contribution >= 0.6 is 0 Å². The first-order valence-corrected chi connectivity index (χ1v) is 3.48. The summed E-state index contributed by atoms with van der Waals surface area (Å²) in [5.74, 6) is -1.45. The van der Waals surface area contributed by atoms with Gasteiger partial charge < -0.3 is 15.3 Å². The van der Waals surface area contributed by atoms with E-state index in [0.717, 1.165) is 11.6 Å². The molecule has 0 aromatic heterocycles. The third-order valence-electron chi connectivity index (χ3n) is 1.81. The van der Waals surface area contributed by atoms with Crippen LogP contribution in [0.25, 0.3) is 0 Å². The van der Waals surface area contributed by atoms with Gasteiger partial charge in [-0.25, -0.2) is 4.79 Å². The molecule has 12 heavy (non-hydrogen) atoms. The lowest BCUT2D eigenvalue weighted by molar-refractivity contribution is -0.160. The molecule has 0 aromatic carbocycles. The molecule has 66 valence electrons. The van der Waals surface area contributed by atoms with E-state index in [1.165, 1.54) is 12.2 Å². The maximum Gasteiger partial charge on any atom is 0.342 e. The molecular formula is C8H10O4. The van der Waals surface area contributed by atoms with Gasteiger partial charge in [-0.05, 0) is 19.1 Å². The topological polar surface area (TPSA) is 77.8 Å². The summed E-state index contributed by atoms with van der Waals surface area (Å²) in [6.07, 6.45) is 2.46. The molecule has 0 saturated carbocycles. The standard InChI is InChI=1S/C8H10O4/c1-5-2-3-8(12,7(10)11)6(9)4-5/h2-4,6,9,12H,1H3,(H,10,11)/t6-,8+/m1/s1. The molecule has 0 bridgehead atoms. The van der Waals surface area contributed by atoms with Gasteiger partial charge in [-0.15, -0.1) is 0 Å². The molecule has 0 amide bonds. The minimum atomic E-state index is -2.17. The normalized spacial score (nSPS) is 34.6. The van der Waals surface area contributed by atoms with Gasteiger partial charge in [-0.2, -0.15) is 0 Å². The fourth-order valence-corrected chi connectivity index (χ4v) is 0.986. The number of carboxylic acids is 1. The predicted molar refractivity (Wildman–Crippen MR) is 41.5 cm³/mol. The largest absolute Gasteiger partial charge is 0.479 e. The van der Waals surface area contributed by atoms with Crippen molar-refractivity contribution >= 4 is 5.97 Å². The van der Waals surface area contributed by atoms with Gasteiger partial charge in [-0.3, -0.25) is 0 Å². The van der Waals surface area contributed by atoms with Crippen molar-refractivity contribution in [2.24, 2.45) is 0 Å². The number of rotatable bonds is 1. The van der Waals surface area contributed by atoms with Crippen molar-refractivity contribution in [3.05, 3.63) is 23.8 Å². The Kier molecular flexibility index (Phi) is 2.04. The number of aliphatic carboxylic acids is 1. The zero-order valence-electron chi connectivity index (χ0n) is 6.56. The smallest absolute Gasteiger partial charge is 0.342 e. The van der Waals surface area contributed by atoms with Crippen LogP contribution in [-0.2, 0) is 4.79 Å². The number of allylic oxidation sites excluding steroid dienone is 2. The highest BCUT2D eigenvalue weighted by molar-refractivity contribution is 5.81. The molecule has 0 unspecified atom stereocenters. The molecule has 0 aliphatic heterocycles. The lowest BCUT2D eigenvalue weighted by Gasteiger charge is -2.26. The maximum atomic E-state index is 10.5. The van der Waals surface area contributed by atoms with Crippen molar-refractivity contribution in [1.29, 1.82) is 0 Å². The summed E-state index contributed by atoms with van der Waals surface area (Å²) >= 11 is 0. The number of carboxylic acid groups (broad SMARTS) is 1. The van der Waals surface area contributed by atoms with Crippen LogP contribution in [0.15, 0.2) is 23.8 Å². The first kappa shape index (κ1) is 8.96. The maximum absolute atomic E-state index is 10.5. The van der Waals surface area contributed by atoms with Gasteiger partial charge >= 0.3 is 5.97 Å². The van der Waals surface area contributed by atoms with Crippen molar-refractivity contribution in [2.45, 2.75) is 18.6 Å².